The normalized spacial score (nSPS) is 19.1. The highest BCUT2D eigenvalue weighted by Gasteiger charge is 2.38. The zero-order valence-corrected chi connectivity index (χ0v) is 18.3. The number of rotatable bonds is 2. The summed E-state index contributed by atoms with van der Waals surface area (Å²) < 4.78 is 45.4. The van der Waals surface area contributed by atoms with Crippen LogP contribution in [0.5, 0.6) is 0 Å². The predicted octanol–water partition coefficient (Wildman–Crippen LogP) is 2.55. The monoisotopic (exact) mass is 449 g/mol. The number of halogens is 3. The molecule has 0 amide bonds. The Bertz CT molecular complexity index is 1110. The third-order valence-electron chi connectivity index (χ3n) is 6.16. The van der Waals surface area contributed by atoms with Crippen molar-refractivity contribution in [2.75, 3.05) is 36.1 Å². The van der Waals surface area contributed by atoms with Gasteiger partial charge in [-0.05, 0) is 38.0 Å². The van der Waals surface area contributed by atoms with E-state index in [4.69, 9.17) is 15.6 Å². The second kappa shape index (κ2) is 8.19. The number of ether oxygens (including phenoxy) is 1. The molecular weight excluding hydrogens is 423 g/mol. The van der Waals surface area contributed by atoms with Crippen molar-refractivity contribution in [2.24, 2.45) is 0 Å². The van der Waals surface area contributed by atoms with Crippen molar-refractivity contribution >= 4 is 17.3 Å². The maximum atomic E-state index is 13.2. The van der Waals surface area contributed by atoms with Crippen molar-refractivity contribution in [3.63, 3.8) is 0 Å². The minimum Gasteiger partial charge on any atom is -0.377 e. The van der Waals surface area contributed by atoms with Gasteiger partial charge in [-0.15, -0.1) is 5.10 Å². The van der Waals surface area contributed by atoms with Crippen LogP contribution in [0.4, 0.5) is 24.7 Å². The average Bonchev–Trinajstić information content (AvgIpc) is 2.76. The SMILES string of the molecule is Cc1c(N2CCc3ncc(N4CCOC[C@@H]4C)cc3C2)nn(C(=N)C(F)(F)F)c(=N)c1C. The number of nitrogens with one attached hydrogen (secondary N) is 2. The van der Waals surface area contributed by atoms with Crippen LogP contribution in [0.2, 0.25) is 0 Å². The van der Waals surface area contributed by atoms with Crippen LogP contribution < -0.4 is 15.3 Å². The van der Waals surface area contributed by atoms with Crippen LogP contribution in [-0.2, 0) is 17.7 Å². The molecule has 0 radical (unpaired) electrons. The number of anilines is 2. The average molecular weight is 449 g/mol. The standard InChI is InChI=1S/C21H26F3N7O/c1-12-11-32-7-6-30(12)16-8-15-10-29(5-4-17(15)27-9-16)19-14(3)13(2)18(25)31(28-19)20(26)21(22,23)24/h8-9,12,25-26H,4-7,10-11H2,1-3H3/t12-/m0/s1. The molecule has 0 unspecified atom stereocenters. The van der Waals surface area contributed by atoms with E-state index in [-0.39, 0.29) is 6.04 Å². The largest absolute Gasteiger partial charge is 0.451 e. The van der Waals surface area contributed by atoms with Gasteiger partial charge in [-0.2, -0.15) is 17.9 Å². The van der Waals surface area contributed by atoms with Gasteiger partial charge < -0.3 is 14.5 Å². The minimum atomic E-state index is -4.89. The van der Waals surface area contributed by atoms with Crippen LogP contribution in [0.25, 0.3) is 0 Å². The van der Waals surface area contributed by atoms with Gasteiger partial charge in [0.2, 0.25) is 5.84 Å². The van der Waals surface area contributed by atoms with Crippen LogP contribution >= 0.6 is 0 Å². The molecule has 2 aliphatic heterocycles. The summed E-state index contributed by atoms with van der Waals surface area (Å²) in [6.07, 6.45) is -2.39. The van der Waals surface area contributed by atoms with E-state index in [9.17, 15) is 13.2 Å². The van der Waals surface area contributed by atoms with Gasteiger partial charge in [-0.25, -0.2) is 0 Å². The highest BCUT2D eigenvalue weighted by atomic mass is 19.4. The van der Waals surface area contributed by atoms with Gasteiger partial charge in [0.1, 0.15) is 0 Å². The summed E-state index contributed by atoms with van der Waals surface area (Å²) in [6.45, 7) is 8.48. The molecular formula is C21H26F3N7O. The number of alkyl halides is 3. The van der Waals surface area contributed by atoms with E-state index in [1.807, 2.05) is 11.1 Å². The Labute approximate surface area is 183 Å². The molecule has 1 saturated heterocycles. The minimum absolute atomic E-state index is 0.229. The lowest BCUT2D eigenvalue weighted by molar-refractivity contribution is -0.0632. The van der Waals surface area contributed by atoms with Crippen LogP contribution in [0.1, 0.15) is 29.3 Å². The molecule has 0 aromatic carbocycles. The third kappa shape index (κ3) is 3.96. The number of pyridine rings is 1. The number of hydrogen-bond acceptors (Lipinski definition) is 7. The highest BCUT2D eigenvalue weighted by molar-refractivity contribution is 5.86. The molecule has 11 heteroatoms. The third-order valence-corrected chi connectivity index (χ3v) is 6.16. The lowest BCUT2D eigenvalue weighted by atomic mass is 10.0. The predicted molar refractivity (Wildman–Crippen MR) is 113 cm³/mol. The van der Waals surface area contributed by atoms with Crippen LogP contribution in [0.3, 0.4) is 0 Å². The molecule has 1 atom stereocenters. The van der Waals surface area contributed by atoms with E-state index < -0.39 is 17.5 Å². The molecule has 2 aliphatic rings. The molecule has 8 nitrogen and oxygen atoms in total. The molecule has 32 heavy (non-hydrogen) atoms. The van der Waals surface area contributed by atoms with Gasteiger partial charge in [-0.3, -0.25) is 15.8 Å². The number of fused-ring (bicyclic) bond motifs is 1. The zero-order chi connectivity index (χ0) is 23.2. The molecule has 0 saturated carbocycles. The number of hydrogen-bond donors (Lipinski definition) is 2. The first-order valence-corrected chi connectivity index (χ1v) is 10.5. The molecule has 2 aromatic heterocycles. The summed E-state index contributed by atoms with van der Waals surface area (Å²) in [5, 5.41) is 19.6. The Morgan fingerprint density at radius 1 is 1.22 bits per heavy atom. The molecule has 2 aromatic rings. The Morgan fingerprint density at radius 2 is 1.97 bits per heavy atom. The van der Waals surface area contributed by atoms with Crippen molar-refractivity contribution in [3.05, 3.63) is 40.1 Å². The first-order chi connectivity index (χ1) is 15.1. The van der Waals surface area contributed by atoms with Crippen molar-refractivity contribution < 1.29 is 17.9 Å². The molecule has 4 rings (SSSR count). The lowest BCUT2D eigenvalue weighted by Crippen LogP contribution is -2.44. The summed E-state index contributed by atoms with van der Waals surface area (Å²) in [4.78, 5) is 8.79. The van der Waals surface area contributed by atoms with Crippen molar-refractivity contribution in [3.8, 4) is 0 Å². The Kier molecular flexibility index (Phi) is 5.70. The molecule has 0 bridgehead atoms. The smallest absolute Gasteiger partial charge is 0.377 e. The van der Waals surface area contributed by atoms with E-state index in [1.165, 1.54) is 0 Å². The molecule has 0 aliphatic carbocycles. The topological polar surface area (TPSA) is 94.1 Å². The Balaban J connectivity index is 1.69. The maximum absolute atomic E-state index is 13.2. The molecule has 1 fully saturated rings. The van der Waals surface area contributed by atoms with Crippen molar-refractivity contribution in [1.29, 1.82) is 10.8 Å². The first-order valence-electron chi connectivity index (χ1n) is 10.5. The molecule has 2 N–H and O–H groups in total. The van der Waals surface area contributed by atoms with Gasteiger partial charge in [0, 0.05) is 43.4 Å². The van der Waals surface area contributed by atoms with Crippen LogP contribution in [0.15, 0.2) is 12.3 Å². The number of aromatic nitrogens is 3. The van der Waals surface area contributed by atoms with E-state index >= 15 is 0 Å². The fraction of sp³-hybridized carbons (Fsp3) is 0.524. The molecule has 4 heterocycles. The van der Waals surface area contributed by atoms with Crippen LogP contribution in [-0.4, -0.2) is 59.1 Å². The molecule has 0 spiro atoms. The van der Waals surface area contributed by atoms with Crippen LogP contribution in [0, 0.1) is 24.7 Å². The zero-order valence-electron chi connectivity index (χ0n) is 18.3. The second-order valence-corrected chi connectivity index (χ2v) is 8.27. The van der Waals surface area contributed by atoms with Crippen molar-refractivity contribution in [2.45, 2.75) is 46.0 Å². The Morgan fingerprint density at radius 3 is 2.66 bits per heavy atom. The summed E-state index contributed by atoms with van der Waals surface area (Å²) in [7, 11) is 0. The quantitative estimate of drug-likeness (QED) is 0.543. The van der Waals surface area contributed by atoms with Gasteiger partial charge in [0.15, 0.2) is 11.3 Å². The maximum Gasteiger partial charge on any atom is 0.451 e. The fourth-order valence-corrected chi connectivity index (χ4v) is 4.17. The van der Waals surface area contributed by atoms with Gasteiger partial charge >= 0.3 is 6.18 Å². The summed E-state index contributed by atoms with van der Waals surface area (Å²) in [5.74, 6) is -1.32. The number of morpholine rings is 1. The van der Waals surface area contributed by atoms with E-state index in [0.717, 1.165) is 23.5 Å². The summed E-state index contributed by atoms with van der Waals surface area (Å²) >= 11 is 0. The van der Waals surface area contributed by atoms with E-state index in [0.29, 0.717) is 54.4 Å². The van der Waals surface area contributed by atoms with E-state index in [1.54, 1.807) is 13.8 Å². The van der Waals surface area contributed by atoms with Crippen molar-refractivity contribution in [1.82, 2.24) is 14.8 Å². The van der Waals surface area contributed by atoms with E-state index in [2.05, 4.69) is 28.0 Å². The van der Waals surface area contributed by atoms with Gasteiger partial charge in [0.05, 0.1) is 25.1 Å². The molecule has 172 valence electrons. The summed E-state index contributed by atoms with van der Waals surface area (Å²) in [5.41, 5.74) is 3.53. The fourth-order valence-electron chi connectivity index (χ4n) is 4.17. The lowest BCUT2D eigenvalue weighted by Gasteiger charge is -2.36. The Hall–Kier alpha value is -2.95. The number of nitrogens with zero attached hydrogens (tertiary/aromatic N) is 5. The van der Waals surface area contributed by atoms with Gasteiger partial charge in [0.25, 0.3) is 0 Å². The first kappa shape index (κ1) is 22.3. The summed E-state index contributed by atoms with van der Waals surface area (Å²) in [6, 6.07) is 2.31. The second-order valence-electron chi connectivity index (χ2n) is 8.27. The van der Waals surface area contributed by atoms with Gasteiger partial charge in [-0.1, -0.05) is 0 Å². The highest BCUT2D eigenvalue weighted by Crippen LogP contribution is 2.29.